The van der Waals surface area contributed by atoms with Crippen molar-refractivity contribution < 1.29 is 9.72 Å². The Balaban J connectivity index is 0.00000264. The van der Waals surface area contributed by atoms with Gasteiger partial charge in [0.25, 0.3) is 5.69 Å². The maximum absolute atomic E-state index is 11.8. The average molecular weight is 343 g/mol. The molecule has 1 amide bonds. The van der Waals surface area contributed by atoms with Crippen LogP contribution < -0.4 is 16.4 Å². The number of nitro groups is 1. The summed E-state index contributed by atoms with van der Waals surface area (Å²) in [6.07, 6.45) is 3.46. The molecule has 0 heterocycles. The van der Waals surface area contributed by atoms with Gasteiger partial charge in [0.05, 0.1) is 4.92 Å². The monoisotopic (exact) mass is 342 g/mol. The third-order valence-corrected chi connectivity index (χ3v) is 3.78. The fraction of sp³-hybridized carbons (Fsp3) is 0.533. The lowest BCUT2D eigenvalue weighted by Gasteiger charge is -2.16. The van der Waals surface area contributed by atoms with Crippen LogP contribution in [0.4, 0.5) is 11.4 Å². The molecule has 0 radical (unpaired) electrons. The van der Waals surface area contributed by atoms with Gasteiger partial charge < -0.3 is 16.4 Å². The van der Waals surface area contributed by atoms with E-state index in [1.54, 1.807) is 12.1 Å². The summed E-state index contributed by atoms with van der Waals surface area (Å²) in [5, 5.41) is 16.7. The summed E-state index contributed by atoms with van der Waals surface area (Å²) < 4.78 is 0. The van der Waals surface area contributed by atoms with Crippen LogP contribution in [-0.4, -0.2) is 30.0 Å². The predicted molar refractivity (Wildman–Crippen MR) is 91.8 cm³/mol. The molecule has 128 valence electrons. The van der Waals surface area contributed by atoms with Gasteiger partial charge in [-0.25, -0.2) is 0 Å². The Bertz CT molecular complexity index is 520. The van der Waals surface area contributed by atoms with Crippen LogP contribution in [0, 0.1) is 16.0 Å². The smallest absolute Gasteiger partial charge is 0.269 e. The zero-order chi connectivity index (χ0) is 15.9. The van der Waals surface area contributed by atoms with Crippen LogP contribution in [0.3, 0.4) is 0 Å². The van der Waals surface area contributed by atoms with Crippen molar-refractivity contribution >= 4 is 29.7 Å². The Morgan fingerprint density at radius 3 is 2.52 bits per heavy atom. The number of rotatable bonds is 9. The normalized spacial score (nSPS) is 14.5. The molecule has 1 aliphatic rings. The highest BCUT2D eigenvalue weighted by Gasteiger charge is 2.30. The summed E-state index contributed by atoms with van der Waals surface area (Å²) in [6, 6.07) is 6.36. The minimum atomic E-state index is -0.429. The van der Waals surface area contributed by atoms with E-state index in [1.165, 1.54) is 12.1 Å². The lowest BCUT2D eigenvalue weighted by molar-refractivity contribution is -0.384. The zero-order valence-corrected chi connectivity index (χ0v) is 13.7. The number of benzene rings is 1. The molecule has 0 spiro atoms. The first-order valence-electron chi connectivity index (χ1n) is 7.58. The van der Waals surface area contributed by atoms with Crippen LogP contribution >= 0.6 is 12.4 Å². The van der Waals surface area contributed by atoms with Crippen LogP contribution in [-0.2, 0) is 4.79 Å². The van der Waals surface area contributed by atoms with Crippen molar-refractivity contribution in [3.8, 4) is 0 Å². The second-order valence-electron chi connectivity index (χ2n) is 5.58. The number of nitrogens with zero attached hydrogens (tertiary/aromatic N) is 1. The molecule has 1 atom stereocenters. The number of non-ortho nitro benzene ring substituents is 1. The fourth-order valence-electron chi connectivity index (χ4n) is 2.33. The first-order valence-corrected chi connectivity index (χ1v) is 7.58. The van der Waals surface area contributed by atoms with Gasteiger partial charge in [0.15, 0.2) is 0 Å². The summed E-state index contributed by atoms with van der Waals surface area (Å²) >= 11 is 0. The van der Waals surface area contributed by atoms with E-state index in [0.717, 1.165) is 18.5 Å². The van der Waals surface area contributed by atoms with Gasteiger partial charge in [-0.3, -0.25) is 14.9 Å². The van der Waals surface area contributed by atoms with Crippen molar-refractivity contribution in [1.29, 1.82) is 0 Å². The summed E-state index contributed by atoms with van der Waals surface area (Å²) in [6.45, 7) is 1.14. The number of amides is 1. The van der Waals surface area contributed by atoms with E-state index < -0.39 is 4.92 Å². The van der Waals surface area contributed by atoms with Gasteiger partial charge in [-0.15, -0.1) is 12.4 Å². The molecule has 1 aromatic carbocycles. The first-order chi connectivity index (χ1) is 10.6. The van der Waals surface area contributed by atoms with Crippen molar-refractivity contribution in [2.75, 3.05) is 18.4 Å². The van der Waals surface area contributed by atoms with Gasteiger partial charge in [0.1, 0.15) is 0 Å². The highest BCUT2D eigenvalue weighted by molar-refractivity contribution is 5.85. The number of carbonyl (C=O) groups is 1. The first kappa shape index (κ1) is 19.2. The number of nitro benzene ring substituents is 1. The van der Waals surface area contributed by atoms with Gasteiger partial charge in [0.2, 0.25) is 5.91 Å². The third-order valence-electron chi connectivity index (χ3n) is 3.78. The fourth-order valence-corrected chi connectivity index (χ4v) is 2.33. The van der Waals surface area contributed by atoms with E-state index in [0.29, 0.717) is 31.8 Å². The standard InChI is InChI=1S/C15H22N4O3.ClH/c16-10-14(11-3-4-11)18-15(20)2-1-9-17-12-5-7-13(8-6-12)19(21)22;/h5-8,11,14,17H,1-4,9-10,16H2,(H,18,20);1H. The quantitative estimate of drug-likeness (QED) is 0.361. The van der Waals surface area contributed by atoms with Crippen LogP contribution in [0.25, 0.3) is 0 Å². The second kappa shape index (κ2) is 9.32. The van der Waals surface area contributed by atoms with E-state index >= 15 is 0 Å². The summed E-state index contributed by atoms with van der Waals surface area (Å²) in [5.74, 6) is 0.597. The van der Waals surface area contributed by atoms with Crippen molar-refractivity contribution in [2.45, 2.75) is 31.7 Å². The van der Waals surface area contributed by atoms with Crippen molar-refractivity contribution in [1.82, 2.24) is 5.32 Å². The summed E-state index contributed by atoms with van der Waals surface area (Å²) in [4.78, 5) is 21.9. The number of hydrogen-bond donors (Lipinski definition) is 3. The second-order valence-corrected chi connectivity index (χ2v) is 5.58. The number of nitrogens with one attached hydrogen (secondary N) is 2. The summed E-state index contributed by atoms with van der Waals surface area (Å²) in [7, 11) is 0. The Morgan fingerprint density at radius 2 is 2.00 bits per heavy atom. The van der Waals surface area contributed by atoms with Crippen molar-refractivity contribution in [3.05, 3.63) is 34.4 Å². The van der Waals surface area contributed by atoms with Crippen LogP contribution in [0.1, 0.15) is 25.7 Å². The highest BCUT2D eigenvalue weighted by Crippen LogP contribution is 2.32. The van der Waals surface area contributed by atoms with Gasteiger partial charge in [-0.05, 0) is 37.3 Å². The Hall–Kier alpha value is -1.86. The minimum absolute atomic E-state index is 0. The molecule has 1 aromatic rings. The van der Waals surface area contributed by atoms with Crippen LogP contribution in [0.2, 0.25) is 0 Å². The van der Waals surface area contributed by atoms with E-state index in [2.05, 4.69) is 10.6 Å². The average Bonchev–Trinajstić information content (AvgIpc) is 3.34. The lowest BCUT2D eigenvalue weighted by atomic mass is 10.1. The van der Waals surface area contributed by atoms with Crippen molar-refractivity contribution in [3.63, 3.8) is 0 Å². The molecular weight excluding hydrogens is 320 g/mol. The maximum atomic E-state index is 11.8. The Morgan fingerprint density at radius 1 is 1.35 bits per heavy atom. The predicted octanol–water partition coefficient (Wildman–Crippen LogP) is 2.06. The molecule has 4 N–H and O–H groups in total. The Labute approximate surface area is 141 Å². The molecule has 0 aromatic heterocycles. The molecule has 0 aliphatic heterocycles. The van der Waals surface area contributed by atoms with Crippen molar-refractivity contribution in [2.24, 2.45) is 11.7 Å². The van der Waals surface area contributed by atoms with Gasteiger partial charge in [-0.1, -0.05) is 0 Å². The Kier molecular flexibility index (Phi) is 7.77. The third kappa shape index (κ3) is 6.42. The molecule has 2 rings (SSSR count). The van der Waals surface area contributed by atoms with Gasteiger partial charge in [0, 0.05) is 43.4 Å². The minimum Gasteiger partial charge on any atom is -0.385 e. The van der Waals surface area contributed by atoms with Gasteiger partial charge in [-0.2, -0.15) is 0 Å². The molecule has 1 unspecified atom stereocenters. The number of halogens is 1. The molecule has 8 heteroatoms. The van der Waals surface area contributed by atoms with Gasteiger partial charge >= 0.3 is 0 Å². The van der Waals surface area contributed by atoms with E-state index in [1.807, 2.05) is 0 Å². The molecule has 1 saturated carbocycles. The largest absolute Gasteiger partial charge is 0.385 e. The molecule has 1 fully saturated rings. The number of nitrogens with two attached hydrogens (primary N) is 1. The topological polar surface area (TPSA) is 110 Å². The zero-order valence-electron chi connectivity index (χ0n) is 12.9. The number of anilines is 1. The molecule has 0 saturated heterocycles. The number of carbonyl (C=O) groups excluding carboxylic acids is 1. The number of hydrogen-bond acceptors (Lipinski definition) is 5. The maximum Gasteiger partial charge on any atom is 0.269 e. The SMILES string of the molecule is Cl.NCC(NC(=O)CCCNc1ccc([N+](=O)[O-])cc1)C1CC1. The molecule has 0 bridgehead atoms. The van der Waals surface area contributed by atoms with E-state index in [4.69, 9.17) is 5.73 Å². The molecule has 23 heavy (non-hydrogen) atoms. The molecule has 7 nitrogen and oxygen atoms in total. The highest BCUT2D eigenvalue weighted by atomic mass is 35.5. The van der Waals surface area contributed by atoms with Crippen LogP contribution in [0.5, 0.6) is 0 Å². The van der Waals surface area contributed by atoms with E-state index in [-0.39, 0.29) is 30.0 Å². The van der Waals surface area contributed by atoms with E-state index in [9.17, 15) is 14.9 Å². The molecular formula is C15H23ClN4O3. The molecule has 1 aliphatic carbocycles. The lowest BCUT2D eigenvalue weighted by Crippen LogP contribution is -2.41. The summed E-state index contributed by atoms with van der Waals surface area (Å²) in [5.41, 5.74) is 6.53. The van der Waals surface area contributed by atoms with Crippen LogP contribution in [0.15, 0.2) is 24.3 Å².